The molecule has 2 aromatic rings. The molecule has 1 aliphatic rings. The zero-order valence-corrected chi connectivity index (χ0v) is 15.2. The molecule has 0 spiro atoms. The second-order valence-corrected chi connectivity index (χ2v) is 6.45. The van der Waals surface area contributed by atoms with Crippen molar-refractivity contribution in [1.29, 1.82) is 0 Å². The number of morpholine rings is 1. The minimum Gasteiger partial charge on any atom is -0.496 e. The molecule has 0 radical (unpaired) electrons. The van der Waals surface area contributed by atoms with Gasteiger partial charge in [-0.2, -0.15) is 0 Å². The molecule has 138 valence electrons. The van der Waals surface area contributed by atoms with Crippen LogP contribution in [0.4, 0.5) is 0 Å². The van der Waals surface area contributed by atoms with Gasteiger partial charge in [0.2, 0.25) is 5.91 Å². The first kappa shape index (κ1) is 18.1. The number of methoxy groups -OCH3 is 1. The lowest BCUT2D eigenvalue weighted by molar-refractivity contribution is -0.138. The molecule has 3 rings (SSSR count). The van der Waals surface area contributed by atoms with Crippen LogP contribution in [0.25, 0.3) is 0 Å². The minimum absolute atomic E-state index is 0.00348. The smallest absolute Gasteiger partial charge is 0.251 e. The van der Waals surface area contributed by atoms with E-state index >= 15 is 0 Å². The number of carbonyl (C=O) groups is 1. The van der Waals surface area contributed by atoms with E-state index in [0.29, 0.717) is 37.0 Å². The van der Waals surface area contributed by atoms with Crippen LogP contribution in [0.2, 0.25) is 0 Å². The normalized spacial score (nSPS) is 17.2. The summed E-state index contributed by atoms with van der Waals surface area (Å²) in [6.45, 7) is 5.02. The number of nitrogens with one attached hydrogen (secondary N) is 1. The number of hydrogen-bond donors (Lipinski definition) is 1. The number of nitrogens with zero attached hydrogens (tertiary/aromatic N) is 2. The van der Waals surface area contributed by atoms with E-state index in [-0.39, 0.29) is 17.9 Å². The van der Waals surface area contributed by atoms with E-state index in [1.165, 1.54) is 6.07 Å². The Morgan fingerprint density at radius 2 is 2.19 bits per heavy atom. The van der Waals surface area contributed by atoms with Gasteiger partial charge in [0.15, 0.2) is 0 Å². The van der Waals surface area contributed by atoms with Crippen LogP contribution in [0.1, 0.15) is 28.7 Å². The molecule has 1 fully saturated rings. The minimum atomic E-state index is -0.395. The molecule has 1 atom stereocenters. The summed E-state index contributed by atoms with van der Waals surface area (Å²) in [7, 11) is 1.60. The maximum Gasteiger partial charge on any atom is 0.251 e. The van der Waals surface area contributed by atoms with Crippen LogP contribution in [-0.2, 0) is 16.0 Å². The van der Waals surface area contributed by atoms with E-state index in [1.807, 2.05) is 25.1 Å². The lowest BCUT2D eigenvalue weighted by Gasteiger charge is -2.33. The van der Waals surface area contributed by atoms with Gasteiger partial charge in [-0.1, -0.05) is 17.7 Å². The van der Waals surface area contributed by atoms with Gasteiger partial charge in [0, 0.05) is 18.2 Å². The number of rotatable bonds is 4. The highest BCUT2D eigenvalue weighted by Gasteiger charge is 2.27. The fourth-order valence-electron chi connectivity index (χ4n) is 3.14. The predicted octanol–water partition coefficient (Wildman–Crippen LogP) is 1.54. The molecule has 1 amide bonds. The largest absolute Gasteiger partial charge is 0.496 e. The van der Waals surface area contributed by atoms with Crippen LogP contribution in [0.3, 0.4) is 0 Å². The van der Waals surface area contributed by atoms with Crippen molar-refractivity contribution in [2.45, 2.75) is 26.4 Å². The van der Waals surface area contributed by atoms with Gasteiger partial charge in [-0.3, -0.25) is 9.59 Å². The van der Waals surface area contributed by atoms with Crippen molar-refractivity contribution >= 4 is 5.91 Å². The fourth-order valence-corrected chi connectivity index (χ4v) is 3.14. The zero-order valence-electron chi connectivity index (χ0n) is 15.2. The number of aryl methyl sites for hydroxylation is 2. The maximum absolute atomic E-state index is 12.8. The lowest BCUT2D eigenvalue weighted by atomic mass is 10.1. The molecule has 0 unspecified atom stereocenters. The fraction of sp³-hybridized carbons (Fsp3) is 0.421. The van der Waals surface area contributed by atoms with Gasteiger partial charge in [0.25, 0.3) is 5.56 Å². The van der Waals surface area contributed by atoms with E-state index < -0.39 is 6.10 Å². The summed E-state index contributed by atoms with van der Waals surface area (Å²) in [4.78, 5) is 33.2. The third-order valence-electron chi connectivity index (χ3n) is 4.41. The van der Waals surface area contributed by atoms with Crippen LogP contribution < -0.4 is 10.3 Å². The van der Waals surface area contributed by atoms with E-state index in [1.54, 1.807) is 18.9 Å². The molecule has 1 aromatic heterocycles. The summed E-state index contributed by atoms with van der Waals surface area (Å²) in [6, 6.07) is 7.23. The van der Waals surface area contributed by atoms with Crippen molar-refractivity contribution in [2.24, 2.45) is 0 Å². The van der Waals surface area contributed by atoms with E-state index in [9.17, 15) is 9.59 Å². The van der Waals surface area contributed by atoms with Gasteiger partial charge < -0.3 is 19.4 Å². The first-order chi connectivity index (χ1) is 12.5. The number of aromatic amines is 1. The number of hydrogen-bond acceptors (Lipinski definition) is 5. The van der Waals surface area contributed by atoms with Crippen molar-refractivity contribution in [3.63, 3.8) is 0 Å². The molecule has 1 N–H and O–H groups in total. The molecule has 1 aromatic carbocycles. The molecule has 1 aliphatic heterocycles. The highest BCUT2D eigenvalue weighted by atomic mass is 16.5. The van der Waals surface area contributed by atoms with Gasteiger partial charge in [-0.25, -0.2) is 4.98 Å². The van der Waals surface area contributed by atoms with Gasteiger partial charge in [-0.05, 0) is 19.9 Å². The Kier molecular flexibility index (Phi) is 5.37. The average molecular weight is 357 g/mol. The Hall–Kier alpha value is -2.67. The monoisotopic (exact) mass is 357 g/mol. The second kappa shape index (κ2) is 7.70. The first-order valence-electron chi connectivity index (χ1n) is 8.57. The number of amides is 1. The molecule has 0 aliphatic carbocycles. The number of H-pyrrole nitrogens is 1. The third-order valence-corrected chi connectivity index (χ3v) is 4.41. The highest BCUT2D eigenvalue weighted by Crippen LogP contribution is 2.23. The number of aromatic nitrogens is 2. The van der Waals surface area contributed by atoms with Crippen LogP contribution in [0.5, 0.6) is 5.75 Å². The Morgan fingerprint density at radius 3 is 2.92 bits per heavy atom. The van der Waals surface area contributed by atoms with E-state index in [2.05, 4.69) is 9.97 Å². The second-order valence-electron chi connectivity index (χ2n) is 6.45. The number of benzene rings is 1. The number of carbonyl (C=O) groups excluding carboxylic acids is 1. The summed E-state index contributed by atoms with van der Waals surface area (Å²) >= 11 is 0. The Balaban J connectivity index is 1.74. The number of ether oxygens (including phenoxy) is 2. The molecular formula is C19H23N3O4. The quantitative estimate of drug-likeness (QED) is 0.897. The van der Waals surface area contributed by atoms with Crippen molar-refractivity contribution in [3.8, 4) is 5.75 Å². The summed E-state index contributed by atoms with van der Waals surface area (Å²) in [5.41, 5.74) is 2.28. The third kappa shape index (κ3) is 4.11. The molecule has 1 saturated heterocycles. The summed E-state index contributed by atoms with van der Waals surface area (Å²) < 4.78 is 11.1. The van der Waals surface area contributed by atoms with Crippen molar-refractivity contribution < 1.29 is 14.3 Å². The SMILES string of the molecule is COc1ccc(C)cc1CC(=O)N1CCO[C@@H](c2cc(=O)[nH]c(C)n2)C1. The standard InChI is InChI=1S/C19H23N3O4/c1-12-4-5-16(25-3)14(8-12)9-19(24)22-6-7-26-17(11-22)15-10-18(23)21-13(2)20-15/h4-5,8,10,17H,6-7,9,11H2,1-3H3,(H,20,21,23)/t17-/m1/s1. The van der Waals surface area contributed by atoms with Crippen LogP contribution in [0.15, 0.2) is 29.1 Å². The van der Waals surface area contributed by atoms with Crippen molar-refractivity contribution in [3.05, 3.63) is 57.3 Å². The topological polar surface area (TPSA) is 84.5 Å². The van der Waals surface area contributed by atoms with Crippen molar-refractivity contribution in [2.75, 3.05) is 26.8 Å². The van der Waals surface area contributed by atoms with Gasteiger partial charge in [0.1, 0.15) is 17.7 Å². The maximum atomic E-state index is 12.8. The van der Waals surface area contributed by atoms with Gasteiger partial charge in [-0.15, -0.1) is 0 Å². The summed E-state index contributed by atoms with van der Waals surface area (Å²) in [5.74, 6) is 1.24. The Bertz CT molecular complexity index is 862. The first-order valence-corrected chi connectivity index (χ1v) is 8.57. The van der Waals surface area contributed by atoms with Crippen LogP contribution in [-0.4, -0.2) is 47.6 Å². The van der Waals surface area contributed by atoms with E-state index in [4.69, 9.17) is 9.47 Å². The molecule has 0 bridgehead atoms. The van der Waals surface area contributed by atoms with Crippen LogP contribution in [0, 0.1) is 13.8 Å². The molecule has 7 nitrogen and oxygen atoms in total. The van der Waals surface area contributed by atoms with Gasteiger partial charge >= 0.3 is 0 Å². The molecule has 7 heteroatoms. The zero-order chi connectivity index (χ0) is 18.7. The Morgan fingerprint density at radius 1 is 1.38 bits per heavy atom. The van der Waals surface area contributed by atoms with E-state index in [0.717, 1.165) is 11.1 Å². The predicted molar refractivity (Wildman–Crippen MR) is 96.3 cm³/mol. The Labute approximate surface area is 152 Å². The molecule has 0 saturated carbocycles. The highest BCUT2D eigenvalue weighted by molar-refractivity contribution is 5.79. The molecule has 2 heterocycles. The van der Waals surface area contributed by atoms with Gasteiger partial charge in [0.05, 0.1) is 32.4 Å². The lowest BCUT2D eigenvalue weighted by Crippen LogP contribution is -2.43. The average Bonchev–Trinajstić information content (AvgIpc) is 2.61. The molecule has 26 heavy (non-hydrogen) atoms. The summed E-state index contributed by atoms with van der Waals surface area (Å²) in [5, 5.41) is 0. The summed E-state index contributed by atoms with van der Waals surface area (Å²) in [6.07, 6.45) is -0.132. The molecular weight excluding hydrogens is 334 g/mol. The van der Waals surface area contributed by atoms with Crippen molar-refractivity contribution in [1.82, 2.24) is 14.9 Å². The van der Waals surface area contributed by atoms with Crippen LogP contribution >= 0.6 is 0 Å².